The van der Waals surface area contributed by atoms with Crippen molar-refractivity contribution in [2.75, 3.05) is 44.7 Å². The van der Waals surface area contributed by atoms with Crippen molar-refractivity contribution in [2.24, 2.45) is 4.99 Å². The minimum atomic E-state index is -0.159. The number of aliphatic imine (C=N–C) groups is 1. The number of hydrogen-bond donors (Lipinski definition) is 2. The van der Waals surface area contributed by atoms with Gasteiger partial charge in [-0.3, -0.25) is 4.99 Å². The normalized spacial score (nSPS) is 20.2. The summed E-state index contributed by atoms with van der Waals surface area (Å²) in [7, 11) is 1.75. The highest BCUT2D eigenvalue weighted by molar-refractivity contribution is 5.80. The van der Waals surface area contributed by atoms with E-state index in [0.29, 0.717) is 18.2 Å². The van der Waals surface area contributed by atoms with E-state index in [-0.39, 0.29) is 11.9 Å². The number of hydrogen-bond acceptors (Lipinski definition) is 5. The third-order valence-corrected chi connectivity index (χ3v) is 6.00. The van der Waals surface area contributed by atoms with Crippen LogP contribution >= 0.6 is 0 Å². The average Bonchev–Trinajstić information content (AvgIpc) is 3.25. The largest absolute Gasteiger partial charge is 0.367 e. The average molecular weight is 415 g/mol. The molecule has 0 spiro atoms. The molecule has 8 nitrogen and oxygen atoms in total. The molecule has 2 aliphatic rings. The fraction of sp³-hybridized carbons (Fsp3) is 0.571. The molecule has 162 valence electrons. The zero-order valence-electron chi connectivity index (χ0n) is 17.8. The van der Waals surface area contributed by atoms with Crippen LogP contribution in [-0.4, -0.2) is 71.4 Å². The highest BCUT2D eigenvalue weighted by Crippen LogP contribution is 2.22. The zero-order valence-corrected chi connectivity index (χ0v) is 17.8. The summed E-state index contributed by atoms with van der Waals surface area (Å²) in [6, 6.07) is 5.76. The standard InChI is InChI=1S/C21H31FN8/c1-3-28-8-10-29(11-9-28)19-6-4-16(12-18(19)22)13-24-21(23-2)27-17-5-7-20-25-15-26-30(20)14-17/h4,6,12,15,17H,3,5,7-11,13-14H2,1-2H3,(H2,23,24,27). The van der Waals surface area contributed by atoms with Crippen LogP contribution in [0.15, 0.2) is 29.5 Å². The van der Waals surface area contributed by atoms with Gasteiger partial charge in [-0.2, -0.15) is 5.10 Å². The minimum absolute atomic E-state index is 0.159. The maximum atomic E-state index is 14.8. The van der Waals surface area contributed by atoms with Gasteiger partial charge in [-0.1, -0.05) is 13.0 Å². The number of guanidine groups is 1. The Bertz CT molecular complexity index is 872. The smallest absolute Gasteiger partial charge is 0.191 e. The van der Waals surface area contributed by atoms with Gasteiger partial charge in [0.25, 0.3) is 0 Å². The fourth-order valence-corrected chi connectivity index (χ4v) is 4.15. The van der Waals surface area contributed by atoms with Gasteiger partial charge in [0.05, 0.1) is 12.2 Å². The first-order chi connectivity index (χ1) is 14.7. The van der Waals surface area contributed by atoms with Gasteiger partial charge < -0.3 is 20.4 Å². The molecule has 30 heavy (non-hydrogen) atoms. The maximum absolute atomic E-state index is 14.8. The number of aryl methyl sites for hydroxylation is 1. The third kappa shape index (κ3) is 4.72. The van der Waals surface area contributed by atoms with Gasteiger partial charge in [-0.05, 0) is 30.7 Å². The van der Waals surface area contributed by atoms with Crippen molar-refractivity contribution in [3.63, 3.8) is 0 Å². The number of likely N-dealkylation sites (N-methyl/N-ethyl adjacent to an activating group) is 1. The molecule has 4 rings (SSSR count). The van der Waals surface area contributed by atoms with E-state index in [1.807, 2.05) is 16.8 Å². The number of piperazine rings is 1. The van der Waals surface area contributed by atoms with Crippen LogP contribution in [0.25, 0.3) is 0 Å². The number of rotatable bonds is 5. The first-order valence-electron chi connectivity index (χ1n) is 10.8. The molecule has 1 saturated heterocycles. The summed E-state index contributed by atoms with van der Waals surface area (Å²) in [6.07, 6.45) is 3.48. The van der Waals surface area contributed by atoms with Gasteiger partial charge in [0, 0.05) is 52.2 Å². The second-order valence-corrected chi connectivity index (χ2v) is 7.87. The van der Waals surface area contributed by atoms with Crippen LogP contribution in [0.3, 0.4) is 0 Å². The molecule has 2 aliphatic heterocycles. The molecule has 0 amide bonds. The Morgan fingerprint density at radius 1 is 1.27 bits per heavy atom. The number of anilines is 1. The Balaban J connectivity index is 1.30. The molecule has 0 saturated carbocycles. The molecule has 2 N–H and O–H groups in total. The first-order valence-corrected chi connectivity index (χ1v) is 10.8. The summed E-state index contributed by atoms with van der Waals surface area (Å²) < 4.78 is 16.7. The number of fused-ring (bicyclic) bond motifs is 1. The fourth-order valence-electron chi connectivity index (χ4n) is 4.15. The van der Waals surface area contributed by atoms with Crippen molar-refractivity contribution >= 4 is 11.6 Å². The summed E-state index contributed by atoms with van der Waals surface area (Å²) in [5.74, 6) is 1.58. The predicted octanol–water partition coefficient (Wildman–Crippen LogP) is 1.24. The van der Waals surface area contributed by atoms with Crippen LogP contribution in [0.4, 0.5) is 10.1 Å². The zero-order chi connectivity index (χ0) is 20.9. The number of nitrogens with zero attached hydrogens (tertiary/aromatic N) is 6. The van der Waals surface area contributed by atoms with E-state index in [1.54, 1.807) is 19.4 Å². The molecular formula is C21H31FN8. The van der Waals surface area contributed by atoms with Crippen LogP contribution in [0.1, 0.15) is 24.7 Å². The van der Waals surface area contributed by atoms with E-state index >= 15 is 0 Å². The molecule has 1 unspecified atom stereocenters. The topological polar surface area (TPSA) is 73.6 Å². The van der Waals surface area contributed by atoms with E-state index < -0.39 is 0 Å². The molecule has 1 aromatic carbocycles. The van der Waals surface area contributed by atoms with E-state index in [1.165, 1.54) is 0 Å². The second kappa shape index (κ2) is 9.42. The van der Waals surface area contributed by atoms with Crippen LogP contribution < -0.4 is 15.5 Å². The van der Waals surface area contributed by atoms with Gasteiger partial charge in [0.2, 0.25) is 0 Å². The van der Waals surface area contributed by atoms with Crippen molar-refractivity contribution in [3.05, 3.63) is 41.7 Å². The lowest BCUT2D eigenvalue weighted by atomic mass is 10.1. The molecule has 9 heteroatoms. The summed E-state index contributed by atoms with van der Waals surface area (Å²) in [4.78, 5) is 13.1. The van der Waals surface area contributed by atoms with Gasteiger partial charge in [-0.25, -0.2) is 14.1 Å². The Labute approximate surface area is 177 Å². The third-order valence-electron chi connectivity index (χ3n) is 6.00. The predicted molar refractivity (Wildman–Crippen MR) is 116 cm³/mol. The lowest BCUT2D eigenvalue weighted by Gasteiger charge is -2.35. The van der Waals surface area contributed by atoms with Gasteiger partial charge >= 0.3 is 0 Å². The van der Waals surface area contributed by atoms with Crippen molar-refractivity contribution in [1.82, 2.24) is 30.3 Å². The molecular weight excluding hydrogens is 383 g/mol. The van der Waals surface area contributed by atoms with E-state index in [0.717, 1.165) is 63.5 Å². The molecule has 0 bridgehead atoms. The van der Waals surface area contributed by atoms with E-state index in [9.17, 15) is 4.39 Å². The molecule has 0 aliphatic carbocycles. The van der Waals surface area contributed by atoms with Gasteiger partial charge in [0.15, 0.2) is 5.96 Å². The maximum Gasteiger partial charge on any atom is 0.191 e. The van der Waals surface area contributed by atoms with Crippen LogP contribution in [0.5, 0.6) is 0 Å². The Kier molecular flexibility index (Phi) is 6.47. The molecule has 1 fully saturated rings. The summed E-state index contributed by atoms with van der Waals surface area (Å²) in [5, 5.41) is 11.0. The van der Waals surface area contributed by atoms with Crippen LogP contribution in [0.2, 0.25) is 0 Å². The van der Waals surface area contributed by atoms with E-state index in [2.05, 4.69) is 42.4 Å². The highest BCUT2D eigenvalue weighted by Gasteiger charge is 2.21. The van der Waals surface area contributed by atoms with Gasteiger partial charge in [0.1, 0.15) is 18.0 Å². The molecule has 3 heterocycles. The Morgan fingerprint density at radius 2 is 2.10 bits per heavy atom. The van der Waals surface area contributed by atoms with Crippen molar-refractivity contribution in [2.45, 2.75) is 38.9 Å². The van der Waals surface area contributed by atoms with Crippen molar-refractivity contribution in [3.8, 4) is 0 Å². The summed E-state index contributed by atoms with van der Waals surface area (Å²) in [6.45, 7) is 8.21. The SMILES string of the molecule is CCN1CCN(c2ccc(CNC(=NC)NC3CCc4ncnn4C3)cc2F)CC1. The Morgan fingerprint density at radius 3 is 2.83 bits per heavy atom. The highest BCUT2D eigenvalue weighted by atomic mass is 19.1. The summed E-state index contributed by atoms with van der Waals surface area (Å²) in [5.41, 5.74) is 1.59. The van der Waals surface area contributed by atoms with Crippen LogP contribution in [-0.2, 0) is 19.5 Å². The second-order valence-electron chi connectivity index (χ2n) is 7.87. The quantitative estimate of drug-likeness (QED) is 0.567. The monoisotopic (exact) mass is 414 g/mol. The number of nitrogens with one attached hydrogen (secondary N) is 2. The van der Waals surface area contributed by atoms with Gasteiger partial charge in [-0.15, -0.1) is 0 Å². The lowest BCUT2D eigenvalue weighted by molar-refractivity contribution is 0.270. The number of aromatic nitrogens is 3. The molecule has 1 aromatic heterocycles. The number of halogens is 1. The lowest BCUT2D eigenvalue weighted by Crippen LogP contribution is -2.47. The number of benzene rings is 1. The molecule has 0 radical (unpaired) electrons. The van der Waals surface area contributed by atoms with E-state index in [4.69, 9.17) is 0 Å². The first kappa shape index (κ1) is 20.6. The molecule has 1 atom stereocenters. The molecule has 2 aromatic rings. The Hall–Kier alpha value is -2.68. The summed E-state index contributed by atoms with van der Waals surface area (Å²) >= 11 is 0. The van der Waals surface area contributed by atoms with Crippen LogP contribution in [0, 0.1) is 5.82 Å². The minimum Gasteiger partial charge on any atom is -0.367 e. The van der Waals surface area contributed by atoms with Crippen molar-refractivity contribution < 1.29 is 4.39 Å². The van der Waals surface area contributed by atoms with Crippen molar-refractivity contribution in [1.29, 1.82) is 0 Å².